The summed E-state index contributed by atoms with van der Waals surface area (Å²) in [7, 11) is -8.07. The van der Waals surface area contributed by atoms with Gasteiger partial charge in [0.05, 0.1) is 27.8 Å². The molecule has 1 aliphatic heterocycles. The van der Waals surface area contributed by atoms with Gasteiger partial charge in [0.2, 0.25) is 5.16 Å². The fourth-order valence-corrected chi connectivity index (χ4v) is 7.65. The lowest BCUT2D eigenvalue weighted by molar-refractivity contribution is -0.120. The number of aliphatic hydroxyl groups excluding tert-OH is 1. The third kappa shape index (κ3) is 4.97. The maximum Gasteiger partial charge on any atom is 0.295 e. The lowest BCUT2D eigenvalue weighted by atomic mass is 9.66. The number of para-hydroxylation sites is 2. The molecule has 0 saturated carbocycles. The number of Topliss-reactive ketones (excluding diaryl/α,β-unsaturated/α-hetero) is 1. The number of carbonyl (C=O) groups is 1. The van der Waals surface area contributed by atoms with Crippen molar-refractivity contribution in [2.45, 2.75) is 49.1 Å². The summed E-state index contributed by atoms with van der Waals surface area (Å²) in [5, 5.41) is 14.0. The molecule has 0 bridgehead atoms. The minimum atomic E-state index is -4.15. The molecule has 224 valence electrons. The largest absolute Gasteiger partial charge is 0.506 e. The summed E-state index contributed by atoms with van der Waals surface area (Å²) in [6, 6.07) is 18.1. The van der Waals surface area contributed by atoms with Crippen LogP contribution in [0.15, 0.2) is 86.8 Å². The molecule has 11 nitrogen and oxygen atoms in total. The molecule has 0 fully saturated rings. The summed E-state index contributed by atoms with van der Waals surface area (Å²) in [4.78, 5) is 20.9. The highest BCUT2D eigenvalue weighted by Gasteiger charge is 2.46. The van der Waals surface area contributed by atoms with Crippen LogP contribution in [0.3, 0.4) is 0 Å². The predicted molar refractivity (Wildman–Crippen MR) is 168 cm³/mol. The van der Waals surface area contributed by atoms with Crippen molar-refractivity contribution in [3.8, 4) is 0 Å². The summed E-state index contributed by atoms with van der Waals surface area (Å²) in [5.41, 5.74) is 1.34. The first-order valence-corrected chi connectivity index (χ1v) is 16.6. The van der Waals surface area contributed by atoms with Gasteiger partial charge in [-0.1, -0.05) is 61.0 Å². The summed E-state index contributed by atoms with van der Waals surface area (Å²) >= 11 is 0. The Hall–Kier alpha value is -4.17. The summed E-state index contributed by atoms with van der Waals surface area (Å²) in [6.07, 6.45) is 1.28. The number of rotatable bonds is 7. The quantitative estimate of drug-likeness (QED) is 0.136. The number of nitrogens with zero attached hydrogens (tertiary/aromatic N) is 2. The topological polar surface area (TPSA) is 177 Å². The molecule has 0 radical (unpaired) electrons. The monoisotopic (exact) mass is 621 g/mol. The van der Waals surface area contributed by atoms with Gasteiger partial charge in [-0.15, -0.1) is 4.40 Å². The lowest BCUT2D eigenvalue weighted by Gasteiger charge is -2.39. The average Bonchev–Trinajstić information content (AvgIpc) is 3.41. The minimum Gasteiger partial charge on any atom is -0.506 e. The summed E-state index contributed by atoms with van der Waals surface area (Å²) < 4.78 is 54.9. The summed E-state index contributed by atoms with van der Waals surface area (Å²) in [5.74, 6) is -0.523. The number of amidine groups is 1. The van der Waals surface area contributed by atoms with Gasteiger partial charge in [-0.25, -0.2) is 4.98 Å². The number of ketones is 1. The number of benzene rings is 3. The number of imidazole rings is 1. The predicted octanol–water partition coefficient (Wildman–Crippen LogP) is 6.46. The molecule has 0 spiro atoms. The standard InChI is InChI=1S/C30H31N5O6S2/c1-17(2)14-15-30(3)20-9-5-4-8-19(20)26(36)25(27(30)37)28-31-23-13-12-18(16-24(23)42(38,39)35-28)34-43(40,41)29-32-21-10-6-7-11-22(21)33-29/h4-13,16-17,34,36,38-39H,14-15H2,1-3H3,(H,31,35)(H,32,33)/t30-/m1/s1. The number of sulfonamides is 1. The van der Waals surface area contributed by atoms with E-state index in [1.807, 2.05) is 19.1 Å². The van der Waals surface area contributed by atoms with E-state index >= 15 is 0 Å². The molecule has 6 N–H and O–H groups in total. The normalized spacial score (nSPS) is 20.3. The van der Waals surface area contributed by atoms with Crippen molar-refractivity contribution in [2.75, 3.05) is 10.0 Å². The van der Waals surface area contributed by atoms with Crippen molar-refractivity contribution in [2.24, 2.45) is 10.3 Å². The van der Waals surface area contributed by atoms with Crippen LogP contribution >= 0.6 is 10.8 Å². The van der Waals surface area contributed by atoms with Crippen LogP contribution in [0.2, 0.25) is 0 Å². The van der Waals surface area contributed by atoms with E-state index in [1.54, 1.807) is 36.4 Å². The SMILES string of the molecule is CC(C)CC[C@@]1(C)C(=O)C(C2=NS(O)(O)c3cc(NS(=O)(=O)c4nc5ccccc5[nH]4)ccc3N2)=C(O)c2ccccc21. The maximum absolute atomic E-state index is 14.1. The van der Waals surface area contributed by atoms with Crippen LogP contribution in [-0.4, -0.2) is 44.2 Å². The molecule has 0 unspecified atom stereocenters. The number of carbonyl (C=O) groups excluding carboxylic acids is 1. The number of hydrogen-bond donors (Lipinski definition) is 6. The number of aliphatic hydroxyl groups is 1. The zero-order valence-electron chi connectivity index (χ0n) is 23.6. The zero-order valence-corrected chi connectivity index (χ0v) is 25.3. The van der Waals surface area contributed by atoms with Crippen LogP contribution in [0.1, 0.15) is 44.7 Å². The van der Waals surface area contributed by atoms with Crippen molar-refractivity contribution in [3.05, 3.63) is 83.4 Å². The second-order valence-corrected chi connectivity index (χ2v) is 14.6. The molecule has 1 atom stereocenters. The molecule has 4 aromatic rings. The first-order valence-electron chi connectivity index (χ1n) is 13.7. The number of fused-ring (bicyclic) bond motifs is 3. The van der Waals surface area contributed by atoms with Crippen LogP contribution < -0.4 is 10.0 Å². The van der Waals surface area contributed by atoms with Crippen molar-refractivity contribution >= 4 is 60.6 Å². The van der Waals surface area contributed by atoms with E-state index in [9.17, 15) is 27.4 Å². The Morgan fingerprint density at radius 2 is 1.77 bits per heavy atom. The van der Waals surface area contributed by atoms with E-state index in [0.29, 0.717) is 34.5 Å². The number of H-pyrrole nitrogens is 1. The smallest absolute Gasteiger partial charge is 0.295 e. The Kier molecular flexibility index (Phi) is 6.88. The van der Waals surface area contributed by atoms with E-state index in [0.717, 1.165) is 6.42 Å². The fraction of sp³-hybridized carbons (Fsp3) is 0.233. The molecule has 6 rings (SSSR count). The van der Waals surface area contributed by atoms with Gasteiger partial charge in [0.15, 0.2) is 11.6 Å². The van der Waals surface area contributed by atoms with Crippen molar-refractivity contribution in [3.63, 3.8) is 0 Å². The Morgan fingerprint density at radius 3 is 2.51 bits per heavy atom. The van der Waals surface area contributed by atoms with Gasteiger partial charge in [0.1, 0.15) is 16.2 Å². The average molecular weight is 622 g/mol. The van der Waals surface area contributed by atoms with E-state index in [2.05, 4.69) is 38.3 Å². The van der Waals surface area contributed by atoms with E-state index in [4.69, 9.17) is 0 Å². The van der Waals surface area contributed by atoms with Gasteiger partial charge in [-0.05, 0) is 61.6 Å². The van der Waals surface area contributed by atoms with Crippen LogP contribution in [-0.2, 0) is 20.2 Å². The van der Waals surface area contributed by atoms with Gasteiger partial charge in [-0.2, -0.15) is 8.42 Å². The van der Waals surface area contributed by atoms with Crippen molar-refractivity contribution in [1.29, 1.82) is 0 Å². The van der Waals surface area contributed by atoms with Gasteiger partial charge in [0.25, 0.3) is 10.0 Å². The van der Waals surface area contributed by atoms with E-state index in [-0.39, 0.29) is 44.4 Å². The summed E-state index contributed by atoms with van der Waals surface area (Å²) in [6.45, 7) is 5.97. The molecular weight excluding hydrogens is 590 g/mol. The van der Waals surface area contributed by atoms with Gasteiger partial charge in [0, 0.05) is 5.56 Å². The minimum absolute atomic E-state index is 0.0469. The van der Waals surface area contributed by atoms with Crippen LogP contribution in [0, 0.1) is 5.92 Å². The fourth-order valence-electron chi connectivity index (χ4n) is 5.47. The lowest BCUT2D eigenvalue weighted by Crippen LogP contribution is -2.42. The Morgan fingerprint density at radius 1 is 1.05 bits per heavy atom. The number of aromatic amines is 1. The van der Waals surface area contributed by atoms with Crippen LogP contribution in [0.4, 0.5) is 11.4 Å². The van der Waals surface area contributed by atoms with Gasteiger partial charge >= 0.3 is 0 Å². The molecule has 3 aromatic carbocycles. The van der Waals surface area contributed by atoms with Gasteiger partial charge in [-0.3, -0.25) is 18.6 Å². The van der Waals surface area contributed by atoms with Crippen LogP contribution in [0.5, 0.6) is 0 Å². The third-order valence-electron chi connectivity index (χ3n) is 7.82. The Labute approximate surface area is 250 Å². The first-order chi connectivity index (χ1) is 20.3. The van der Waals surface area contributed by atoms with Crippen molar-refractivity contribution in [1.82, 2.24) is 9.97 Å². The van der Waals surface area contributed by atoms with E-state index < -0.39 is 26.2 Å². The number of aromatic nitrogens is 2. The maximum atomic E-state index is 14.1. The molecule has 0 saturated heterocycles. The van der Waals surface area contributed by atoms with Gasteiger partial charge < -0.3 is 15.4 Å². The first kappa shape index (κ1) is 28.9. The highest BCUT2D eigenvalue weighted by Crippen LogP contribution is 2.57. The molecule has 1 aliphatic carbocycles. The zero-order chi connectivity index (χ0) is 30.7. The molecule has 2 heterocycles. The molecular formula is C30H31N5O6S2. The molecule has 13 heteroatoms. The Bertz CT molecular complexity index is 1930. The highest BCUT2D eigenvalue weighted by molar-refractivity contribution is 8.23. The molecule has 43 heavy (non-hydrogen) atoms. The highest BCUT2D eigenvalue weighted by atomic mass is 32.3. The molecule has 0 amide bonds. The van der Waals surface area contributed by atoms with Crippen molar-refractivity contribution < 1.29 is 27.4 Å². The molecule has 1 aromatic heterocycles. The van der Waals surface area contributed by atoms with Crippen LogP contribution in [0.25, 0.3) is 16.8 Å². The number of hydrogen-bond acceptors (Lipinski definition) is 9. The number of anilines is 2. The third-order valence-corrected chi connectivity index (χ3v) is 10.4. The Balaban J connectivity index is 1.35. The second kappa shape index (κ2) is 10.2. The number of nitrogens with one attached hydrogen (secondary N) is 3. The molecule has 2 aliphatic rings. The van der Waals surface area contributed by atoms with E-state index in [1.165, 1.54) is 18.2 Å². The second-order valence-electron chi connectivity index (χ2n) is 11.3.